The first kappa shape index (κ1) is 19.9. The number of hydrogen-bond donors (Lipinski definition) is 0. The molecule has 0 spiro atoms. The van der Waals surface area contributed by atoms with Crippen LogP contribution in [0.3, 0.4) is 0 Å². The molecule has 3 rings (SSSR count). The number of likely N-dealkylation sites (tertiary alicyclic amines) is 1. The summed E-state index contributed by atoms with van der Waals surface area (Å²) in [5, 5.41) is 0. The van der Waals surface area contributed by atoms with Gasteiger partial charge in [-0.2, -0.15) is 0 Å². The lowest BCUT2D eigenvalue weighted by atomic mass is 9.95. The molecule has 28 heavy (non-hydrogen) atoms. The number of piperazine rings is 1. The largest absolute Gasteiger partial charge is 0.445 e. The molecular weight excluding hydrogens is 358 g/mol. The maximum Gasteiger partial charge on any atom is 0.410 e. The van der Waals surface area contributed by atoms with E-state index in [2.05, 4.69) is 6.58 Å². The van der Waals surface area contributed by atoms with E-state index in [0.717, 1.165) is 5.56 Å². The summed E-state index contributed by atoms with van der Waals surface area (Å²) in [6.45, 7) is 6.93. The first-order valence-electron chi connectivity index (χ1n) is 9.74. The third kappa shape index (κ3) is 4.91. The molecule has 0 unspecified atom stereocenters. The van der Waals surface area contributed by atoms with Crippen molar-refractivity contribution in [2.24, 2.45) is 5.92 Å². The van der Waals surface area contributed by atoms with Crippen LogP contribution in [0.15, 0.2) is 43.0 Å². The molecule has 150 valence electrons. The quantitative estimate of drug-likeness (QED) is 0.742. The normalized spacial score (nSPS) is 17.9. The Kier molecular flexibility index (Phi) is 6.68. The van der Waals surface area contributed by atoms with Crippen molar-refractivity contribution in [1.82, 2.24) is 14.7 Å². The standard InChI is InChI=1S/C21H27N3O4/c1-2-19(25)22-10-8-18(9-11-22)20(26)23-12-14-24(15-13-23)21(27)28-16-17-6-4-3-5-7-17/h2-7,18H,1,8-16H2. The fourth-order valence-electron chi connectivity index (χ4n) is 3.65. The van der Waals surface area contributed by atoms with Gasteiger partial charge in [-0.1, -0.05) is 36.9 Å². The van der Waals surface area contributed by atoms with Crippen LogP contribution in [0.1, 0.15) is 18.4 Å². The van der Waals surface area contributed by atoms with Crippen molar-refractivity contribution < 1.29 is 19.1 Å². The Morgan fingerprint density at radius 2 is 1.54 bits per heavy atom. The lowest BCUT2D eigenvalue weighted by molar-refractivity contribution is -0.140. The number of amides is 3. The van der Waals surface area contributed by atoms with E-state index in [1.165, 1.54) is 6.08 Å². The van der Waals surface area contributed by atoms with E-state index in [1.807, 2.05) is 35.2 Å². The zero-order chi connectivity index (χ0) is 19.9. The predicted octanol–water partition coefficient (Wildman–Crippen LogP) is 1.89. The molecule has 2 saturated heterocycles. The molecule has 0 radical (unpaired) electrons. The minimum absolute atomic E-state index is 0.0505. The van der Waals surface area contributed by atoms with E-state index in [9.17, 15) is 14.4 Å². The topological polar surface area (TPSA) is 70.2 Å². The highest BCUT2D eigenvalue weighted by molar-refractivity contribution is 5.87. The van der Waals surface area contributed by atoms with Crippen molar-refractivity contribution in [3.63, 3.8) is 0 Å². The first-order chi connectivity index (χ1) is 13.6. The Bertz CT molecular complexity index is 706. The zero-order valence-corrected chi connectivity index (χ0v) is 16.1. The molecule has 2 aliphatic rings. The van der Waals surface area contributed by atoms with Crippen LogP contribution in [0.25, 0.3) is 0 Å². The van der Waals surface area contributed by atoms with Crippen molar-refractivity contribution in [3.8, 4) is 0 Å². The molecular formula is C21H27N3O4. The monoisotopic (exact) mass is 385 g/mol. The molecule has 7 heteroatoms. The van der Waals surface area contributed by atoms with E-state index < -0.39 is 0 Å². The van der Waals surface area contributed by atoms with Gasteiger partial charge in [0.2, 0.25) is 11.8 Å². The van der Waals surface area contributed by atoms with Gasteiger partial charge in [0.15, 0.2) is 0 Å². The molecule has 0 N–H and O–H groups in total. The zero-order valence-electron chi connectivity index (χ0n) is 16.1. The molecule has 2 aliphatic heterocycles. The molecule has 1 aromatic carbocycles. The Balaban J connectivity index is 1.41. The average molecular weight is 385 g/mol. The highest BCUT2D eigenvalue weighted by Gasteiger charge is 2.32. The number of benzene rings is 1. The van der Waals surface area contributed by atoms with Gasteiger partial charge >= 0.3 is 6.09 Å². The van der Waals surface area contributed by atoms with Crippen LogP contribution in [-0.2, 0) is 20.9 Å². The molecule has 0 aromatic heterocycles. The second-order valence-electron chi connectivity index (χ2n) is 7.16. The van der Waals surface area contributed by atoms with Crippen molar-refractivity contribution in [1.29, 1.82) is 0 Å². The highest BCUT2D eigenvalue weighted by atomic mass is 16.6. The molecule has 0 aliphatic carbocycles. The molecule has 0 atom stereocenters. The van der Waals surface area contributed by atoms with Gasteiger partial charge in [0.05, 0.1) is 0 Å². The van der Waals surface area contributed by atoms with Crippen LogP contribution in [0, 0.1) is 5.92 Å². The smallest absolute Gasteiger partial charge is 0.410 e. The Morgan fingerprint density at radius 3 is 2.14 bits per heavy atom. The van der Waals surface area contributed by atoms with Crippen molar-refractivity contribution in [2.45, 2.75) is 19.4 Å². The van der Waals surface area contributed by atoms with Gasteiger partial charge in [-0.3, -0.25) is 9.59 Å². The van der Waals surface area contributed by atoms with Gasteiger partial charge in [-0.05, 0) is 24.5 Å². The number of ether oxygens (including phenoxy) is 1. The van der Waals surface area contributed by atoms with Gasteiger partial charge in [0.25, 0.3) is 0 Å². The number of hydrogen-bond acceptors (Lipinski definition) is 4. The second kappa shape index (κ2) is 9.39. The maximum atomic E-state index is 12.8. The summed E-state index contributed by atoms with van der Waals surface area (Å²) >= 11 is 0. The van der Waals surface area contributed by atoms with Gasteiger partial charge < -0.3 is 19.4 Å². The molecule has 0 bridgehead atoms. The lowest BCUT2D eigenvalue weighted by Crippen LogP contribution is -2.53. The van der Waals surface area contributed by atoms with E-state index in [-0.39, 0.29) is 30.4 Å². The van der Waals surface area contributed by atoms with Gasteiger partial charge in [0, 0.05) is 45.2 Å². The summed E-state index contributed by atoms with van der Waals surface area (Å²) < 4.78 is 5.36. The summed E-state index contributed by atoms with van der Waals surface area (Å²) in [6.07, 6.45) is 2.33. The van der Waals surface area contributed by atoms with Crippen molar-refractivity contribution in [3.05, 3.63) is 48.6 Å². The first-order valence-corrected chi connectivity index (χ1v) is 9.74. The number of rotatable bonds is 4. The number of carbonyl (C=O) groups excluding carboxylic acids is 3. The van der Waals surface area contributed by atoms with Gasteiger partial charge in [0.1, 0.15) is 6.61 Å². The van der Waals surface area contributed by atoms with Crippen molar-refractivity contribution in [2.75, 3.05) is 39.3 Å². The van der Waals surface area contributed by atoms with Crippen LogP contribution in [-0.4, -0.2) is 71.9 Å². The Labute approximate surface area is 165 Å². The SMILES string of the molecule is C=CC(=O)N1CCC(C(=O)N2CCN(C(=O)OCc3ccccc3)CC2)CC1. The van der Waals surface area contributed by atoms with Crippen LogP contribution in [0.4, 0.5) is 4.79 Å². The van der Waals surface area contributed by atoms with Crippen LogP contribution >= 0.6 is 0 Å². The van der Waals surface area contributed by atoms with E-state index in [4.69, 9.17) is 4.74 Å². The predicted molar refractivity (Wildman–Crippen MR) is 104 cm³/mol. The van der Waals surface area contributed by atoms with E-state index in [0.29, 0.717) is 52.1 Å². The molecule has 3 amide bonds. The Hall–Kier alpha value is -2.83. The van der Waals surface area contributed by atoms with E-state index >= 15 is 0 Å². The summed E-state index contributed by atoms with van der Waals surface area (Å²) in [4.78, 5) is 41.9. The van der Waals surface area contributed by atoms with Crippen LogP contribution in [0.2, 0.25) is 0 Å². The molecule has 0 saturated carbocycles. The lowest BCUT2D eigenvalue weighted by Gasteiger charge is -2.38. The minimum atomic E-state index is -0.341. The average Bonchev–Trinajstić information content (AvgIpc) is 2.77. The maximum absolute atomic E-state index is 12.8. The summed E-state index contributed by atoms with van der Waals surface area (Å²) in [7, 11) is 0. The minimum Gasteiger partial charge on any atom is -0.445 e. The Morgan fingerprint density at radius 1 is 0.929 bits per heavy atom. The second-order valence-corrected chi connectivity index (χ2v) is 7.16. The van der Waals surface area contributed by atoms with Crippen LogP contribution < -0.4 is 0 Å². The van der Waals surface area contributed by atoms with Crippen molar-refractivity contribution >= 4 is 17.9 Å². The van der Waals surface area contributed by atoms with Crippen LogP contribution in [0.5, 0.6) is 0 Å². The van der Waals surface area contributed by atoms with Gasteiger partial charge in [-0.15, -0.1) is 0 Å². The third-order valence-electron chi connectivity index (χ3n) is 5.39. The molecule has 7 nitrogen and oxygen atoms in total. The van der Waals surface area contributed by atoms with E-state index in [1.54, 1.807) is 9.80 Å². The summed E-state index contributed by atoms with van der Waals surface area (Å²) in [5.74, 6) is 0.00183. The summed E-state index contributed by atoms with van der Waals surface area (Å²) in [6, 6.07) is 9.56. The highest BCUT2D eigenvalue weighted by Crippen LogP contribution is 2.21. The number of piperidine rings is 1. The molecule has 1 aromatic rings. The molecule has 2 fully saturated rings. The third-order valence-corrected chi connectivity index (χ3v) is 5.39. The summed E-state index contributed by atoms with van der Waals surface area (Å²) in [5.41, 5.74) is 0.950. The van der Waals surface area contributed by atoms with Gasteiger partial charge in [-0.25, -0.2) is 4.79 Å². The number of nitrogens with zero attached hydrogens (tertiary/aromatic N) is 3. The fourth-order valence-corrected chi connectivity index (χ4v) is 3.65. The fraction of sp³-hybridized carbons (Fsp3) is 0.476. The molecule has 2 heterocycles. The number of carbonyl (C=O) groups is 3.